The lowest BCUT2D eigenvalue weighted by molar-refractivity contribution is -0.0112. The monoisotopic (exact) mass is 301 g/mol. The molecule has 2 fully saturated rings. The van der Waals surface area contributed by atoms with Gasteiger partial charge in [-0.2, -0.15) is 0 Å². The largest absolute Gasteiger partial charge is 0.497 e. The third-order valence-corrected chi connectivity index (χ3v) is 4.12. The van der Waals surface area contributed by atoms with Crippen molar-refractivity contribution in [2.24, 2.45) is 11.8 Å². The molecule has 1 aliphatic heterocycles. The molecule has 1 aromatic carbocycles. The van der Waals surface area contributed by atoms with Gasteiger partial charge in [0.15, 0.2) is 0 Å². The van der Waals surface area contributed by atoms with E-state index in [2.05, 4.69) is 0 Å². The van der Waals surface area contributed by atoms with E-state index in [-0.39, 0.29) is 16.2 Å². The first-order chi connectivity index (χ1) is 16.2. The molecule has 0 amide bonds. The number of hydrogen-bond acceptors (Lipinski definition) is 2. The Hall–Kier alpha value is -1.02. The number of methoxy groups -OCH3 is 1. The van der Waals surface area contributed by atoms with Crippen molar-refractivity contribution in [2.45, 2.75) is 50.3 Å². The van der Waals surface area contributed by atoms with Gasteiger partial charge in [-0.25, -0.2) is 0 Å². The summed E-state index contributed by atoms with van der Waals surface area (Å²) in [6, 6.07) is 0.452. The summed E-state index contributed by atoms with van der Waals surface area (Å²) in [5, 5.41) is 0. The third kappa shape index (κ3) is 1.88. The Labute approximate surface area is 151 Å². The molecule has 0 radical (unpaired) electrons. The molecule has 1 unspecified atom stereocenters. The Kier molecular flexibility index (Phi) is 1.07. The van der Waals surface area contributed by atoms with E-state index in [1.54, 1.807) is 0 Å². The average Bonchev–Trinajstić information content (AvgIpc) is 2.70. The van der Waals surface area contributed by atoms with Crippen LogP contribution >= 0.6 is 0 Å². The Morgan fingerprint density at radius 3 is 3.19 bits per heavy atom. The van der Waals surface area contributed by atoms with E-state index in [1.165, 1.54) is 19.2 Å². The summed E-state index contributed by atoms with van der Waals surface area (Å²) >= 11 is 0. The summed E-state index contributed by atoms with van der Waals surface area (Å²) in [5.41, 5.74) is -4.07. The Morgan fingerprint density at radius 2 is 2.38 bits per heavy atom. The maximum atomic E-state index is 9.64. The minimum absolute atomic E-state index is 0.0151. The molecule has 2 nitrogen and oxygen atoms in total. The van der Waals surface area contributed by atoms with Gasteiger partial charge in [0.05, 0.1) is 7.11 Å². The highest BCUT2D eigenvalue weighted by atomic mass is 16.5. The molecular formula is C19H27NO. The van der Waals surface area contributed by atoms with Gasteiger partial charge < -0.3 is 9.64 Å². The van der Waals surface area contributed by atoms with Crippen molar-refractivity contribution in [3.8, 4) is 5.75 Å². The topological polar surface area (TPSA) is 12.5 Å². The van der Waals surface area contributed by atoms with Gasteiger partial charge >= 0.3 is 0 Å². The lowest BCUT2D eigenvalue weighted by atomic mass is 9.51. The summed E-state index contributed by atoms with van der Waals surface area (Å²) in [6.07, 6.45) is -15.6. The van der Waals surface area contributed by atoms with Crippen LogP contribution in [0.15, 0.2) is 18.2 Å². The molecule has 1 saturated heterocycles. The highest BCUT2D eigenvalue weighted by Crippen LogP contribution is 2.56. The number of ether oxygens (including phenoxy) is 1. The molecule has 4 atom stereocenters. The minimum Gasteiger partial charge on any atom is -0.497 e. The molecule has 21 heavy (non-hydrogen) atoms. The standard InChI is InChI=1S/C19H27NO/c1-13-6-7-19-8-9-20(2)18(17(19)10-13)11-14-4-5-15(21-3)12-16(14)19/h4-5,12-13,17-18H,6-11H2,1-3H3/t13?,17-,18+,19-/m1/s1/i2D3,6D2,7D2,8D2,9D2,10D2,13D,17D,18D. The maximum Gasteiger partial charge on any atom is 0.119 e. The summed E-state index contributed by atoms with van der Waals surface area (Å²) in [5.74, 6) is -6.75. The molecule has 2 heteroatoms. The highest BCUT2D eigenvalue weighted by molar-refractivity contribution is 5.45. The van der Waals surface area contributed by atoms with Crippen LogP contribution in [0.1, 0.15) is 65.5 Å². The van der Waals surface area contributed by atoms with Crippen molar-refractivity contribution < 1.29 is 26.7 Å². The van der Waals surface area contributed by atoms with Gasteiger partial charge in [-0.3, -0.25) is 0 Å². The molecule has 2 bridgehead atoms. The first kappa shape index (κ1) is 4.74. The number of benzene rings is 1. The molecule has 1 aromatic rings. The number of fused-ring (bicyclic) bond motifs is 1. The molecule has 0 N–H and O–H groups in total. The fraction of sp³-hybridized carbons (Fsp3) is 0.684. The van der Waals surface area contributed by atoms with E-state index in [0.717, 1.165) is 6.07 Å². The second kappa shape index (κ2) is 4.74. The molecule has 0 aromatic heterocycles. The maximum absolute atomic E-state index is 9.64. The van der Waals surface area contributed by atoms with Gasteiger partial charge in [-0.1, -0.05) is 13.0 Å². The number of nitrogens with zero attached hydrogens (tertiary/aromatic N) is 1. The van der Waals surface area contributed by atoms with Gasteiger partial charge in [-0.15, -0.1) is 0 Å². The number of rotatable bonds is 1. The summed E-state index contributed by atoms with van der Waals surface area (Å²) < 4.78 is 146. The normalized spacial score (nSPS) is 72.9. The fourth-order valence-corrected chi connectivity index (χ4v) is 3.07. The molecule has 2 aliphatic carbocycles. The van der Waals surface area contributed by atoms with Crippen LogP contribution in [0, 0.1) is 11.8 Å². The SMILES string of the molecule is [2H]C([2H])([2H])N1C([2H])([2H])C([2H])([2H])[C@]23c4cc(OC)ccc4C[C@@]1([2H])[C@@]2([2H])C([2H])([2H])C([2H])(C)C([2H])([2H])C3([2H])[2H]. The van der Waals surface area contributed by atoms with Gasteiger partial charge in [0.25, 0.3) is 0 Å². The average molecular weight is 302 g/mol. The first-order valence-electron chi connectivity index (χ1n) is 14.7. The molecule has 3 aliphatic rings. The van der Waals surface area contributed by atoms with Crippen molar-refractivity contribution in [1.29, 1.82) is 0 Å². The van der Waals surface area contributed by atoms with Crippen molar-refractivity contribution in [3.63, 3.8) is 0 Å². The molecule has 1 heterocycles. The van der Waals surface area contributed by atoms with Crippen LogP contribution in [0.5, 0.6) is 5.75 Å². The summed E-state index contributed by atoms with van der Waals surface area (Å²) in [4.78, 5) is -0.198. The van der Waals surface area contributed by atoms with Gasteiger partial charge in [0, 0.05) is 33.4 Å². The quantitative estimate of drug-likeness (QED) is 0.785. The molecule has 0 spiro atoms. The van der Waals surface area contributed by atoms with Crippen LogP contribution in [0.3, 0.4) is 0 Å². The zero-order valence-corrected chi connectivity index (χ0v) is 11.8. The number of piperidine rings is 1. The summed E-state index contributed by atoms with van der Waals surface area (Å²) in [7, 11) is 1.23. The van der Waals surface area contributed by atoms with Crippen molar-refractivity contribution in [2.75, 3.05) is 20.6 Å². The van der Waals surface area contributed by atoms with Crippen LogP contribution in [-0.4, -0.2) is 31.5 Å². The van der Waals surface area contributed by atoms with Crippen LogP contribution in [-0.2, 0) is 11.8 Å². The van der Waals surface area contributed by atoms with Crippen molar-refractivity contribution >= 4 is 0 Å². The highest BCUT2D eigenvalue weighted by Gasteiger charge is 2.54. The number of hydrogen-bond donors (Lipinski definition) is 0. The van der Waals surface area contributed by atoms with Crippen LogP contribution < -0.4 is 4.74 Å². The molecular weight excluding hydrogens is 258 g/mol. The van der Waals surface area contributed by atoms with Gasteiger partial charge in [0.1, 0.15) is 5.75 Å². The number of likely N-dealkylation sites (tertiary alicyclic amines) is 1. The smallest absolute Gasteiger partial charge is 0.119 e. The van der Waals surface area contributed by atoms with E-state index >= 15 is 0 Å². The Morgan fingerprint density at radius 1 is 1.48 bits per heavy atom. The van der Waals surface area contributed by atoms with Crippen LogP contribution in [0.4, 0.5) is 0 Å². The Bertz CT molecular complexity index is 1160. The predicted octanol–water partition coefficient (Wildman–Crippen LogP) is 3.63. The van der Waals surface area contributed by atoms with Crippen LogP contribution in [0.2, 0.25) is 0 Å². The van der Waals surface area contributed by atoms with Crippen molar-refractivity contribution in [1.82, 2.24) is 4.90 Å². The second-order valence-corrected chi connectivity index (χ2v) is 5.34. The first-order valence-corrected chi connectivity index (χ1v) is 6.73. The summed E-state index contributed by atoms with van der Waals surface area (Å²) in [6.45, 7) is -6.65. The van der Waals surface area contributed by atoms with E-state index in [0.29, 0.717) is 6.92 Å². The third-order valence-electron chi connectivity index (χ3n) is 4.12. The second-order valence-electron chi connectivity index (χ2n) is 5.34. The zero-order valence-electron chi connectivity index (χ0n) is 27.8. The van der Waals surface area contributed by atoms with Crippen molar-refractivity contribution in [3.05, 3.63) is 29.3 Å². The van der Waals surface area contributed by atoms with E-state index in [4.69, 9.17) is 23.9 Å². The van der Waals surface area contributed by atoms with E-state index in [9.17, 15) is 2.74 Å². The lowest BCUT2D eigenvalue weighted by Crippen LogP contribution is -2.60. The molecule has 1 saturated carbocycles. The van der Waals surface area contributed by atoms with Crippen LogP contribution in [0.25, 0.3) is 0 Å². The molecule has 4 rings (SSSR count). The molecule has 114 valence electrons. The van der Waals surface area contributed by atoms with Gasteiger partial charge in [0.2, 0.25) is 0 Å². The van der Waals surface area contributed by atoms with Gasteiger partial charge in [-0.05, 0) is 80.4 Å². The Balaban J connectivity index is 2.41. The lowest BCUT2D eigenvalue weighted by Gasteiger charge is -2.59. The zero-order chi connectivity index (χ0) is 28.8. The predicted molar refractivity (Wildman–Crippen MR) is 85.9 cm³/mol. The number of likely N-dealkylation sites (N-methyl/N-ethyl adjacent to an activating group) is 1. The minimum atomic E-state index is -3.84. The fourth-order valence-electron chi connectivity index (χ4n) is 3.07. The van der Waals surface area contributed by atoms with E-state index < -0.39 is 74.2 Å². The van der Waals surface area contributed by atoms with E-state index in [1.807, 2.05) is 0 Å².